The third-order valence-corrected chi connectivity index (χ3v) is 0. The first-order valence-corrected chi connectivity index (χ1v) is 2.30. The Bertz CT molecular complexity index is 30.7. The molecule has 0 aromatic carbocycles. The van der Waals surface area contributed by atoms with Gasteiger partial charge in [0.25, 0.3) is 0 Å². The van der Waals surface area contributed by atoms with E-state index >= 15 is 0 Å². The molecule has 0 rings (SSSR count). The van der Waals surface area contributed by atoms with Crippen LogP contribution < -0.4 is 0 Å². The van der Waals surface area contributed by atoms with Gasteiger partial charge in [-0.3, -0.25) is 0 Å². The molecule has 0 saturated carbocycles. The van der Waals surface area contributed by atoms with Crippen LogP contribution in [0.25, 0.3) is 0 Å². The first kappa shape index (κ1) is 15.6. The van der Waals surface area contributed by atoms with E-state index in [-0.39, 0.29) is 17.4 Å². The molecule has 0 radical (unpaired) electrons. The summed E-state index contributed by atoms with van der Waals surface area (Å²) in [5.74, 6) is 0. The summed E-state index contributed by atoms with van der Waals surface area (Å²) in [5.41, 5.74) is 0. The zero-order valence-corrected chi connectivity index (χ0v) is 6.08. The van der Waals surface area contributed by atoms with Crippen LogP contribution in [0.15, 0.2) is 0 Å². The molecule has 4 nitrogen and oxygen atoms in total. The predicted octanol–water partition coefficient (Wildman–Crippen LogP) is 0.368. The first-order chi connectivity index (χ1) is 2.83. The molecule has 2 N–H and O–H groups in total. The van der Waals surface area contributed by atoms with Crippen LogP contribution in [0.4, 0.5) is 0 Å². The fourth-order valence-electron chi connectivity index (χ4n) is 0. The van der Waals surface area contributed by atoms with Crippen molar-refractivity contribution >= 4 is 17.4 Å². The Morgan fingerprint density at radius 2 is 1.00 bits per heavy atom. The molecule has 0 heterocycles. The van der Waals surface area contributed by atoms with Crippen molar-refractivity contribution in [3.05, 3.63) is 0 Å². The van der Waals surface area contributed by atoms with Crippen LogP contribution in [0.2, 0.25) is 0 Å². The van der Waals surface area contributed by atoms with Crippen molar-refractivity contribution in [3.8, 4) is 0 Å². The van der Waals surface area contributed by atoms with Crippen molar-refractivity contribution < 1.29 is 36.3 Å². The Hall–Kier alpha value is 0.652. The molecular formula is H2CrO4P2+2. The third-order valence-electron chi connectivity index (χ3n) is 0. The van der Waals surface area contributed by atoms with E-state index in [1.165, 1.54) is 0 Å². The average Bonchev–Trinajstić information content (AvgIpc) is 1.39. The summed E-state index contributed by atoms with van der Waals surface area (Å²) in [6, 6.07) is 0. The molecule has 0 aromatic rings. The van der Waals surface area contributed by atoms with E-state index in [1.54, 1.807) is 0 Å². The van der Waals surface area contributed by atoms with Gasteiger partial charge in [-0.1, -0.05) is 0 Å². The van der Waals surface area contributed by atoms with Crippen molar-refractivity contribution in [1.29, 1.82) is 0 Å². The van der Waals surface area contributed by atoms with Crippen LogP contribution >= 0.6 is 17.4 Å². The minimum Gasteiger partial charge on any atom is -0.310 e. The summed E-state index contributed by atoms with van der Waals surface area (Å²) in [6.45, 7) is 0. The molecule has 0 spiro atoms. The molecule has 0 aliphatic carbocycles. The molecule has 7 heavy (non-hydrogen) atoms. The second-order valence-electron chi connectivity index (χ2n) is 0.163. The molecule has 7 heteroatoms. The second kappa shape index (κ2) is 30.2. The van der Waals surface area contributed by atoms with E-state index in [9.17, 15) is 0 Å². The average molecular weight is 180 g/mol. The maximum Gasteiger partial charge on any atom is 2.00 e. The van der Waals surface area contributed by atoms with E-state index in [4.69, 9.17) is 18.9 Å². The Morgan fingerprint density at radius 1 is 1.00 bits per heavy atom. The largest absolute Gasteiger partial charge is 2.00 e. The first-order valence-electron chi connectivity index (χ1n) is 0.765. The Labute approximate surface area is 54.3 Å². The molecule has 0 fully saturated rings. The summed E-state index contributed by atoms with van der Waals surface area (Å²) in [6.07, 6.45) is 0. The molecule has 0 amide bonds. The van der Waals surface area contributed by atoms with Crippen molar-refractivity contribution in [2.45, 2.75) is 0 Å². The summed E-state index contributed by atoms with van der Waals surface area (Å²) < 4.78 is 16.9. The summed E-state index contributed by atoms with van der Waals surface area (Å²) in [5, 5.41) is 0. The minimum atomic E-state index is -0.833. The van der Waals surface area contributed by atoms with Crippen LogP contribution in [0.3, 0.4) is 0 Å². The van der Waals surface area contributed by atoms with Crippen LogP contribution in [-0.2, 0) is 26.5 Å². The molecule has 0 aliphatic rings. The van der Waals surface area contributed by atoms with Gasteiger partial charge in [-0.15, -0.1) is 0 Å². The Morgan fingerprint density at radius 3 is 1.00 bits per heavy atom. The van der Waals surface area contributed by atoms with Crippen LogP contribution in [0.5, 0.6) is 0 Å². The van der Waals surface area contributed by atoms with Gasteiger partial charge < -0.3 is 9.79 Å². The van der Waals surface area contributed by atoms with Gasteiger partial charge in [0.2, 0.25) is 0 Å². The van der Waals surface area contributed by atoms with Crippen LogP contribution in [0, 0.1) is 0 Å². The van der Waals surface area contributed by atoms with E-state index < -0.39 is 17.4 Å². The van der Waals surface area contributed by atoms with Gasteiger partial charge in [0.05, 0.1) is 0 Å². The second-order valence-corrected chi connectivity index (χ2v) is 0.490. The predicted molar refractivity (Wildman–Crippen MR) is 19.7 cm³/mol. The Kier molecular flexibility index (Phi) is 67.5. The third kappa shape index (κ3) is 338. The number of hydrogen-bond acceptors (Lipinski definition) is 2. The normalized spacial score (nSPS) is 6.00. The minimum absolute atomic E-state index is 0. The number of rotatable bonds is 0. The van der Waals surface area contributed by atoms with Crippen LogP contribution in [-0.4, -0.2) is 9.79 Å². The van der Waals surface area contributed by atoms with E-state index in [2.05, 4.69) is 0 Å². The van der Waals surface area contributed by atoms with Gasteiger partial charge >= 0.3 is 34.7 Å². The van der Waals surface area contributed by atoms with Gasteiger partial charge in [-0.05, 0) is 0 Å². The van der Waals surface area contributed by atoms with E-state index in [0.29, 0.717) is 0 Å². The maximum absolute atomic E-state index is 8.46. The molecule has 40 valence electrons. The fourth-order valence-corrected chi connectivity index (χ4v) is 0. The molecule has 0 saturated heterocycles. The zero-order chi connectivity index (χ0) is 5.41. The molecule has 0 unspecified atom stereocenters. The SMILES string of the molecule is O=PO.O=PO.[Cr+2]. The van der Waals surface area contributed by atoms with Gasteiger partial charge in [0.1, 0.15) is 0 Å². The topological polar surface area (TPSA) is 74.6 Å². The van der Waals surface area contributed by atoms with Gasteiger partial charge in [-0.25, -0.2) is 9.13 Å². The number of hydrogen-bond donors (Lipinski definition) is 2. The monoisotopic (exact) mass is 180 g/mol. The van der Waals surface area contributed by atoms with Crippen molar-refractivity contribution in [2.75, 3.05) is 0 Å². The van der Waals surface area contributed by atoms with E-state index in [0.717, 1.165) is 0 Å². The van der Waals surface area contributed by atoms with Crippen molar-refractivity contribution in [2.24, 2.45) is 0 Å². The van der Waals surface area contributed by atoms with Crippen LogP contribution in [0.1, 0.15) is 0 Å². The summed E-state index contributed by atoms with van der Waals surface area (Å²) in [7, 11) is -1.67. The molecule has 0 aromatic heterocycles. The Balaban J connectivity index is -0.0000000400. The molecule has 0 aliphatic heterocycles. The summed E-state index contributed by atoms with van der Waals surface area (Å²) >= 11 is 0. The van der Waals surface area contributed by atoms with Gasteiger partial charge in [0, 0.05) is 0 Å². The summed E-state index contributed by atoms with van der Waals surface area (Å²) in [4.78, 5) is 14.0. The van der Waals surface area contributed by atoms with E-state index in [1.807, 2.05) is 0 Å². The van der Waals surface area contributed by atoms with Gasteiger partial charge in [-0.2, -0.15) is 0 Å². The molecular weight excluding hydrogens is 178 g/mol. The van der Waals surface area contributed by atoms with Gasteiger partial charge in [0.15, 0.2) is 0 Å². The molecule has 0 bridgehead atoms. The zero-order valence-electron chi connectivity index (χ0n) is 3.01. The smallest absolute Gasteiger partial charge is 0.310 e. The van der Waals surface area contributed by atoms with Crippen molar-refractivity contribution in [1.82, 2.24) is 0 Å². The fraction of sp³-hybridized carbons (Fsp3) is 0. The maximum atomic E-state index is 8.46. The van der Waals surface area contributed by atoms with Crippen molar-refractivity contribution in [3.63, 3.8) is 0 Å². The molecule has 0 atom stereocenters. The quantitative estimate of drug-likeness (QED) is 0.528. The standard InChI is InChI=1S/Cr.2HO2P/c;2*1-3-2/h;2*(H,1,2)/q+2;;.